The Morgan fingerprint density at radius 3 is 2.62 bits per heavy atom. The second kappa shape index (κ2) is 8.74. The van der Waals surface area contributed by atoms with Crippen LogP contribution < -0.4 is 5.73 Å². The highest BCUT2D eigenvalue weighted by molar-refractivity contribution is 5.82. The molecule has 5 nitrogen and oxygen atoms in total. The lowest BCUT2D eigenvalue weighted by atomic mass is 9.98. The third-order valence-electron chi connectivity index (χ3n) is 3.77. The van der Waals surface area contributed by atoms with Crippen molar-refractivity contribution in [2.24, 2.45) is 11.7 Å². The van der Waals surface area contributed by atoms with E-state index in [1.807, 2.05) is 38.1 Å². The standard InChI is InChI=1S/C16H28N4O/c1-5-13(2)15(17)16(21)20(10-9-19(3)4)12-14-7-6-8-18-11-14/h6-8,11,13,15H,5,9-10,12,17H2,1-4H3/t13-,15-/m0/s1. The second-order valence-electron chi connectivity index (χ2n) is 5.84. The van der Waals surface area contributed by atoms with Gasteiger partial charge in [0.25, 0.3) is 0 Å². The zero-order chi connectivity index (χ0) is 15.8. The number of likely N-dealkylation sites (N-methyl/N-ethyl adjacent to an activating group) is 1. The molecule has 1 aromatic heterocycles. The number of hydrogen-bond donors (Lipinski definition) is 1. The van der Waals surface area contributed by atoms with Crippen LogP contribution in [0.3, 0.4) is 0 Å². The number of pyridine rings is 1. The molecular weight excluding hydrogens is 264 g/mol. The topological polar surface area (TPSA) is 62.5 Å². The maximum atomic E-state index is 12.6. The summed E-state index contributed by atoms with van der Waals surface area (Å²) in [5.41, 5.74) is 7.14. The van der Waals surface area contributed by atoms with Gasteiger partial charge in [-0.05, 0) is 31.6 Å². The van der Waals surface area contributed by atoms with Gasteiger partial charge in [-0.2, -0.15) is 0 Å². The SMILES string of the molecule is CC[C@H](C)[C@H](N)C(=O)N(CCN(C)C)Cc1cccnc1. The fourth-order valence-electron chi connectivity index (χ4n) is 2.01. The van der Waals surface area contributed by atoms with Crippen LogP contribution in [0.15, 0.2) is 24.5 Å². The molecule has 118 valence electrons. The van der Waals surface area contributed by atoms with E-state index in [4.69, 9.17) is 5.73 Å². The Morgan fingerprint density at radius 2 is 2.10 bits per heavy atom. The summed E-state index contributed by atoms with van der Waals surface area (Å²) in [4.78, 5) is 20.6. The Labute approximate surface area is 128 Å². The van der Waals surface area contributed by atoms with Crippen molar-refractivity contribution < 1.29 is 4.79 Å². The number of nitrogens with two attached hydrogens (primary N) is 1. The van der Waals surface area contributed by atoms with Gasteiger partial charge in [0, 0.05) is 32.0 Å². The van der Waals surface area contributed by atoms with E-state index in [0.29, 0.717) is 13.1 Å². The summed E-state index contributed by atoms with van der Waals surface area (Å²) in [5.74, 6) is 0.211. The summed E-state index contributed by atoms with van der Waals surface area (Å²) in [5, 5.41) is 0. The van der Waals surface area contributed by atoms with E-state index in [2.05, 4.69) is 16.8 Å². The van der Waals surface area contributed by atoms with Gasteiger partial charge in [-0.1, -0.05) is 26.3 Å². The number of carbonyl (C=O) groups excluding carboxylic acids is 1. The smallest absolute Gasteiger partial charge is 0.240 e. The molecule has 1 aromatic rings. The van der Waals surface area contributed by atoms with Crippen LogP contribution in [0.1, 0.15) is 25.8 Å². The molecule has 0 aliphatic heterocycles. The van der Waals surface area contributed by atoms with Gasteiger partial charge in [0.05, 0.1) is 6.04 Å². The fraction of sp³-hybridized carbons (Fsp3) is 0.625. The zero-order valence-electron chi connectivity index (χ0n) is 13.6. The second-order valence-corrected chi connectivity index (χ2v) is 5.84. The molecule has 5 heteroatoms. The summed E-state index contributed by atoms with van der Waals surface area (Å²) in [6.07, 6.45) is 4.44. The summed E-state index contributed by atoms with van der Waals surface area (Å²) >= 11 is 0. The summed E-state index contributed by atoms with van der Waals surface area (Å²) in [6, 6.07) is 3.44. The lowest BCUT2D eigenvalue weighted by Crippen LogP contribution is -2.48. The van der Waals surface area contributed by atoms with Crippen molar-refractivity contribution in [3.05, 3.63) is 30.1 Å². The lowest BCUT2D eigenvalue weighted by molar-refractivity contribution is -0.134. The van der Waals surface area contributed by atoms with Crippen LogP contribution in [0.2, 0.25) is 0 Å². The molecule has 1 amide bonds. The maximum Gasteiger partial charge on any atom is 0.240 e. The van der Waals surface area contributed by atoms with E-state index in [0.717, 1.165) is 18.5 Å². The summed E-state index contributed by atoms with van der Waals surface area (Å²) < 4.78 is 0. The molecule has 0 fully saturated rings. The van der Waals surface area contributed by atoms with Crippen molar-refractivity contribution in [3.63, 3.8) is 0 Å². The van der Waals surface area contributed by atoms with E-state index in [1.54, 1.807) is 12.4 Å². The molecule has 0 saturated carbocycles. The number of nitrogens with zero attached hydrogens (tertiary/aromatic N) is 3. The van der Waals surface area contributed by atoms with Gasteiger partial charge in [0.1, 0.15) is 0 Å². The van der Waals surface area contributed by atoms with Crippen molar-refractivity contribution in [3.8, 4) is 0 Å². The Bertz CT molecular complexity index is 422. The van der Waals surface area contributed by atoms with Crippen molar-refractivity contribution in [1.29, 1.82) is 0 Å². The Morgan fingerprint density at radius 1 is 1.38 bits per heavy atom. The first-order chi connectivity index (χ1) is 9.95. The zero-order valence-corrected chi connectivity index (χ0v) is 13.6. The number of amides is 1. The number of rotatable bonds is 8. The van der Waals surface area contributed by atoms with Crippen molar-refractivity contribution in [1.82, 2.24) is 14.8 Å². The minimum absolute atomic E-state index is 0.0232. The van der Waals surface area contributed by atoms with Gasteiger partial charge < -0.3 is 15.5 Å². The number of aromatic nitrogens is 1. The molecule has 0 aromatic carbocycles. The molecule has 2 atom stereocenters. The fourth-order valence-corrected chi connectivity index (χ4v) is 2.01. The minimum Gasteiger partial charge on any atom is -0.336 e. The van der Waals surface area contributed by atoms with Crippen LogP contribution in [-0.4, -0.2) is 53.9 Å². The monoisotopic (exact) mass is 292 g/mol. The predicted molar refractivity (Wildman–Crippen MR) is 85.6 cm³/mol. The first-order valence-electron chi connectivity index (χ1n) is 7.53. The third kappa shape index (κ3) is 5.81. The quantitative estimate of drug-likeness (QED) is 0.785. The third-order valence-corrected chi connectivity index (χ3v) is 3.77. The molecular formula is C16H28N4O. The first-order valence-corrected chi connectivity index (χ1v) is 7.53. The highest BCUT2D eigenvalue weighted by Crippen LogP contribution is 2.11. The summed E-state index contributed by atoms with van der Waals surface area (Å²) in [7, 11) is 4.00. The number of carbonyl (C=O) groups is 1. The molecule has 0 spiro atoms. The molecule has 2 N–H and O–H groups in total. The maximum absolute atomic E-state index is 12.6. The first kappa shape index (κ1) is 17.6. The Balaban J connectivity index is 2.78. The molecule has 0 aliphatic carbocycles. The van der Waals surface area contributed by atoms with E-state index in [9.17, 15) is 4.79 Å². The Hall–Kier alpha value is -1.46. The number of hydrogen-bond acceptors (Lipinski definition) is 4. The molecule has 21 heavy (non-hydrogen) atoms. The molecule has 1 heterocycles. The molecule has 0 radical (unpaired) electrons. The van der Waals surface area contributed by atoms with Gasteiger partial charge in [0.2, 0.25) is 5.91 Å². The Kier molecular flexibility index (Phi) is 7.32. The van der Waals surface area contributed by atoms with Gasteiger partial charge in [-0.25, -0.2) is 0 Å². The van der Waals surface area contributed by atoms with Crippen LogP contribution in [-0.2, 0) is 11.3 Å². The largest absolute Gasteiger partial charge is 0.336 e. The van der Waals surface area contributed by atoms with Crippen LogP contribution >= 0.6 is 0 Å². The van der Waals surface area contributed by atoms with Crippen LogP contribution in [0.25, 0.3) is 0 Å². The molecule has 0 saturated heterocycles. The molecule has 1 rings (SSSR count). The van der Waals surface area contributed by atoms with E-state index < -0.39 is 6.04 Å². The summed E-state index contributed by atoms with van der Waals surface area (Å²) in [6.45, 7) is 6.13. The van der Waals surface area contributed by atoms with E-state index >= 15 is 0 Å². The minimum atomic E-state index is -0.436. The molecule has 0 aliphatic rings. The van der Waals surface area contributed by atoms with Crippen LogP contribution in [0, 0.1) is 5.92 Å². The lowest BCUT2D eigenvalue weighted by Gasteiger charge is -2.29. The van der Waals surface area contributed by atoms with Crippen molar-refractivity contribution >= 4 is 5.91 Å². The van der Waals surface area contributed by atoms with Crippen LogP contribution in [0.4, 0.5) is 0 Å². The van der Waals surface area contributed by atoms with Crippen molar-refractivity contribution in [2.75, 3.05) is 27.2 Å². The molecule has 0 unspecified atom stereocenters. The normalized spacial score (nSPS) is 14.0. The van der Waals surface area contributed by atoms with E-state index in [-0.39, 0.29) is 11.8 Å². The van der Waals surface area contributed by atoms with Gasteiger partial charge in [-0.15, -0.1) is 0 Å². The van der Waals surface area contributed by atoms with E-state index in [1.165, 1.54) is 0 Å². The highest BCUT2D eigenvalue weighted by atomic mass is 16.2. The average molecular weight is 292 g/mol. The van der Waals surface area contributed by atoms with Crippen molar-refractivity contribution in [2.45, 2.75) is 32.9 Å². The average Bonchev–Trinajstić information content (AvgIpc) is 2.50. The highest BCUT2D eigenvalue weighted by Gasteiger charge is 2.25. The van der Waals surface area contributed by atoms with Gasteiger partial charge >= 0.3 is 0 Å². The van der Waals surface area contributed by atoms with Gasteiger partial charge in [-0.3, -0.25) is 9.78 Å². The van der Waals surface area contributed by atoms with Gasteiger partial charge in [0.15, 0.2) is 0 Å². The predicted octanol–water partition coefficient (Wildman–Crippen LogP) is 1.35. The molecule has 0 bridgehead atoms. The van der Waals surface area contributed by atoms with Crippen LogP contribution in [0.5, 0.6) is 0 Å².